The van der Waals surface area contributed by atoms with Gasteiger partial charge < -0.3 is 0 Å². The number of pyridine rings is 1. The van der Waals surface area contributed by atoms with Crippen molar-refractivity contribution >= 4 is 11.6 Å². The van der Waals surface area contributed by atoms with Crippen molar-refractivity contribution in [3.8, 4) is 0 Å². The minimum atomic E-state index is -4.39. The van der Waals surface area contributed by atoms with Crippen molar-refractivity contribution in [2.45, 2.75) is 24.9 Å². The molecule has 1 aromatic heterocycles. The minimum absolute atomic E-state index is 0.486. The predicted octanol–water partition coefficient (Wildman–Crippen LogP) is 6.30. The Labute approximate surface area is 155 Å². The second-order valence-electron chi connectivity index (χ2n) is 6.43. The first-order valence-corrected chi connectivity index (χ1v) is 8.50. The molecule has 0 spiro atoms. The van der Waals surface area contributed by atoms with Crippen LogP contribution in [0.5, 0.6) is 0 Å². The molecule has 1 heterocycles. The van der Waals surface area contributed by atoms with E-state index in [9.17, 15) is 13.2 Å². The van der Waals surface area contributed by atoms with Crippen LogP contribution in [0.15, 0.2) is 72.9 Å². The van der Waals surface area contributed by atoms with Gasteiger partial charge in [-0.05, 0) is 42.7 Å². The third-order valence-corrected chi connectivity index (χ3v) is 4.74. The summed E-state index contributed by atoms with van der Waals surface area (Å²) >= 11 is 5.94. The number of hydrogen-bond donors (Lipinski definition) is 0. The standard InChI is InChI=1S/C21H17ClF3N/c1-20(13-15-6-3-2-4-7-15,19-11-10-18(22)14-26-19)16-8-5-9-17(12-16)21(23,24)25/h2-12,14H,13H2,1H3. The van der Waals surface area contributed by atoms with E-state index in [4.69, 9.17) is 11.6 Å². The summed E-state index contributed by atoms with van der Waals surface area (Å²) in [4.78, 5) is 4.40. The lowest BCUT2D eigenvalue weighted by Gasteiger charge is -2.31. The van der Waals surface area contributed by atoms with Crippen molar-refractivity contribution in [1.29, 1.82) is 0 Å². The fraction of sp³-hybridized carbons (Fsp3) is 0.190. The highest BCUT2D eigenvalue weighted by Gasteiger charge is 2.35. The van der Waals surface area contributed by atoms with Crippen molar-refractivity contribution in [2.75, 3.05) is 0 Å². The fourth-order valence-electron chi connectivity index (χ4n) is 3.09. The van der Waals surface area contributed by atoms with Crippen LogP contribution in [0.4, 0.5) is 13.2 Å². The summed E-state index contributed by atoms with van der Waals surface area (Å²) in [7, 11) is 0. The lowest BCUT2D eigenvalue weighted by Crippen LogP contribution is -2.28. The Morgan fingerprint density at radius 2 is 1.58 bits per heavy atom. The zero-order chi connectivity index (χ0) is 18.8. The van der Waals surface area contributed by atoms with Crippen molar-refractivity contribution in [3.05, 3.63) is 100 Å². The van der Waals surface area contributed by atoms with Crippen LogP contribution in [0.3, 0.4) is 0 Å². The molecule has 0 aliphatic rings. The van der Waals surface area contributed by atoms with Crippen LogP contribution in [0.1, 0.15) is 29.3 Å². The van der Waals surface area contributed by atoms with Gasteiger partial charge in [0.2, 0.25) is 0 Å². The molecule has 3 aromatic rings. The first-order chi connectivity index (χ1) is 12.3. The molecule has 0 fully saturated rings. The first kappa shape index (κ1) is 18.5. The van der Waals surface area contributed by atoms with E-state index in [0.717, 1.165) is 11.6 Å². The average Bonchev–Trinajstić information content (AvgIpc) is 2.62. The van der Waals surface area contributed by atoms with E-state index in [1.54, 1.807) is 18.2 Å². The van der Waals surface area contributed by atoms with Crippen LogP contribution in [0, 0.1) is 0 Å². The molecule has 1 nitrogen and oxygen atoms in total. The van der Waals surface area contributed by atoms with Gasteiger partial charge in [-0.1, -0.05) is 60.1 Å². The summed E-state index contributed by atoms with van der Waals surface area (Å²) in [6.45, 7) is 1.91. The van der Waals surface area contributed by atoms with Crippen LogP contribution < -0.4 is 0 Å². The minimum Gasteiger partial charge on any atom is -0.259 e. The Morgan fingerprint density at radius 1 is 0.885 bits per heavy atom. The number of halogens is 4. The van der Waals surface area contributed by atoms with E-state index in [-0.39, 0.29) is 0 Å². The average molecular weight is 376 g/mol. The largest absolute Gasteiger partial charge is 0.416 e. The highest BCUT2D eigenvalue weighted by atomic mass is 35.5. The molecule has 2 aromatic carbocycles. The summed E-state index contributed by atoms with van der Waals surface area (Å²) in [5.41, 5.74) is 0.858. The normalized spacial score (nSPS) is 14.0. The van der Waals surface area contributed by atoms with Gasteiger partial charge in [0.1, 0.15) is 0 Å². The smallest absolute Gasteiger partial charge is 0.259 e. The summed E-state index contributed by atoms with van der Waals surface area (Å²) in [5, 5.41) is 0.486. The number of hydrogen-bond acceptors (Lipinski definition) is 1. The molecular formula is C21H17ClF3N. The summed E-state index contributed by atoms with van der Waals surface area (Å²) in [5.74, 6) is 0. The molecule has 5 heteroatoms. The molecular weight excluding hydrogens is 359 g/mol. The molecule has 1 atom stereocenters. The molecule has 0 aliphatic carbocycles. The number of nitrogens with zero attached hydrogens (tertiary/aromatic N) is 1. The maximum atomic E-state index is 13.2. The molecule has 0 radical (unpaired) electrons. The molecule has 134 valence electrons. The van der Waals surface area contributed by atoms with E-state index in [2.05, 4.69) is 4.98 Å². The number of alkyl halides is 3. The Kier molecular flexibility index (Phi) is 5.05. The molecule has 0 saturated heterocycles. The van der Waals surface area contributed by atoms with Gasteiger partial charge in [-0.2, -0.15) is 13.2 Å². The van der Waals surface area contributed by atoms with Crippen molar-refractivity contribution in [2.24, 2.45) is 0 Å². The second-order valence-corrected chi connectivity index (χ2v) is 6.87. The SMILES string of the molecule is CC(Cc1ccccc1)(c1cccc(C(F)(F)F)c1)c1ccc(Cl)cn1. The highest BCUT2D eigenvalue weighted by molar-refractivity contribution is 6.30. The first-order valence-electron chi connectivity index (χ1n) is 8.13. The van der Waals surface area contributed by atoms with E-state index in [0.29, 0.717) is 22.7 Å². The van der Waals surface area contributed by atoms with Gasteiger partial charge in [0.25, 0.3) is 0 Å². The monoisotopic (exact) mass is 375 g/mol. The Bertz CT molecular complexity index is 876. The lowest BCUT2D eigenvalue weighted by molar-refractivity contribution is -0.137. The van der Waals surface area contributed by atoms with Crippen LogP contribution in [0.25, 0.3) is 0 Å². The third kappa shape index (κ3) is 3.91. The maximum Gasteiger partial charge on any atom is 0.416 e. The van der Waals surface area contributed by atoms with E-state index >= 15 is 0 Å². The number of aromatic nitrogens is 1. The van der Waals surface area contributed by atoms with Gasteiger partial charge in [0.05, 0.1) is 16.3 Å². The molecule has 0 N–H and O–H groups in total. The molecule has 0 aliphatic heterocycles. The fourth-order valence-corrected chi connectivity index (χ4v) is 3.20. The van der Waals surface area contributed by atoms with Gasteiger partial charge in [-0.3, -0.25) is 4.98 Å². The van der Waals surface area contributed by atoms with Gasteiger partial charge in [0, 0.05) is 11.6 Å². The quantitative estimate of drug-likeness (QED) is 0.521. The van der Waals surface area contributed by atoms with Crippen molar-refractivity contribution in [3.63, 3.8) is 0 Å². The van der Waals surface area contributed by atoms with Gasteiger partial charge in [-0.25, -0.2) is 0 Å². The summed E-state index contributed by atoms with van der Waals surface area (Å²) < 4.78 is 39.6. The zero-order valence-corrected chi connectivity index (χ0v) is 14.9. The summed E-state index contributed by atoms with van der Waals surface area (Å²) in [6.07, 6.45) is -2.35. The Hall–Kier alpha value is -2.33. The molecule has 0 saturated carbocycles. The molecule has 3 rings (SSSR count). The Morgan fingerprint density at radius 3 is 2.19 bits per heavy atom. The number of benzene rings is 2. The van der Waals surface area contributed by atoms with Gasteiger partial charge in [-0.15, -0.1) is 0 Å². The predicted molar refractivity (Wildman–Crippen MR) is 97.3 cm³/mol. The maximum absolute atomic E-state index is 13.2. The molecule has 0 bridgehead atoms. The van der Waals surface area contributed by atoms with Crippen molar-refractivity contribution < 1.29 is 13.2 Å². The third-order valence-electron chi connectivity index (χ3n) is 4.52. The van der Waals surface area contributed by atoms with Crippen LogP contribution in [0.2, 0.25) is 5.02 Å². The topological polar surface area (TPSA) is 12.9 Å². The lowest BCUT2D eigenvalue weighted by atomic mass is 9.74. The van der Waals surface area contributed by atoms with Crippen LogP contribution in [-0.4, -0.2) is 4.98 Å². The number of rotatable bonds is 4. The van der Waals surface area contributed by atoms with Crippen LogP contribution in [-0.2, 0) is 18.0 Å². The van der Waals surface area contributed by atoms with E-state index in [1.165, 1.54) is 18.3 Å². The van der Waals surface area contributed by atoms with Gasteiger partial charge in [0.15, 0.2) is 0 Å². The second kappa shape index (κ2) is 7.12. The van der Waals surface area contributed by atoms with Gasteiger partial charge >= 0.3 is 6.18 Å². The van der Waals surface area contributed by atoms with E-state index < -0.39 is 17.2 Å². The van der Waals surface area contributed by atoms with Crippen molar-refractivity contribution in [1.82, 2.24) is 4.98 Å². The summed E-state index contributed by atoms with van der Waals surface area (Å²) in [6, 6.07) is 18.6. The molecule has 0 amide bonds. The zero-order valence-electron chi connectivity index (χ0n) is 14.1. The van der Waals surface area contributed by atoms with Crippen LogP contribution >= 0.6 is 11.6 Å². The van der Waals surface area contributed by atoms with E-state index in [1.807, 2.05) is 37.3 Å². The Balaban J connectivity index is 2.13. The molecule has 1 unspecified atom stereocenters. The highest BCUT2D eigenvalue weighted by Crippen LogP contribution is 2.38. The molecule has 26 heavy (non-hydrogen) atoms.